The molecular formula is C12H9ClF2N2O. The zero-order valence-electron chi connectivity index (χ0n) is 9.11. The topological polar surface area (TPSA) is 34.1 Å². The molecule has 0 radical (unpaired) electrons. The molecule has 0 saturated heterocycles. The molecule has 0 aliphatic rings. The largest absolute Gasteiger partial charge is 0.433 e. The molecule has 0 fully saturated rings. The van der Waals surface area contributed by atoms with Gasteiger partial charge in [-0.05, 0) is 24.3 Å². The molecule has 3 nitrogen and oxygen atoms in total. The fourth-order valence-electron chi connectivity index (χ4n) is 1.40. The Morgan fingerprint density at radius 1 is 1.22 bits per heavy atom. The van der Waals surface area contributed by atoms with Crippen molar-refractivity contribution in [2.24, 2.45) is 0 Å². The van der Waals surface area contributed by atoms with Gasteiger partial charge in [0.25, 0.3) is 0 Å². The maximum absolute atomic E-state index is 12.2. The van der Waals surface area contributed by atoms with E-state index in [2.05, 4.69) is 15.0 Å². The first-order chi connectivity index (χ1) is 8.65. The van der Waals surface area contributed by atoms with E-state index in [9.17, 15) is 8.78 Å². The van der Waals surface area contributed by atoms with Crippen molar-refractivity contribution >= 4 is 23.0 Å². The average Bonchev–Trinajstić information content (AvgIpc) is 2.31. The Bertz CT molecular complexity index is 537. The van der Waals surface area contributed by atoms with Gasteiger partial charge in [0.15, 0.2) is 0 Å². The summed E-state index contributed by atoms with van der Waals surface area (Å²) in [6, 6.07) is 9.67. The van der Waals surface area contributed by atoms with Crippen LogP contribution >= 0.6 is 11.6 Å². The summed E-state index contributed by atoms with van der Waals surface area (Å²) in [6.45, 7) is -2.87. The molecule has 1 heterocycles. The van der Waals surface area contributed by atoms with Crippen LogP contribution in [0.5, 0.6) is 5.75 Å². The van der Waals surface area contributed by atoms with Gasteiger partial charge in [-0.3, -0.25) is 0 Å². The lowest BCUT2D eigenvalue weighted by molar-refractivity contribution is -0.0493. The van der Waals surface area contributed by atoms with Crippen LogP contribution in [0.15, 0.2) is 42.6 Å². The normalized spacial score (nSPS) is 10.4. The molecule has 1 aromatic heterocycles. The monoisotopic (exact) mass is 270 g/mol. The molecule has 0 atom stereocenters. The Labute approximate surface area is 107 Å². The highest BCUT2D eigenvalue weighted by Crippen LogP contribution is 2.29. The number of nitrogens with zero attached hydrogens (tertiary/aromatic N) is 1. The quantitative estimate of drug-likeness (QED) is 0.850. The van der Waals surface area contributed by atoms with Crippen molar-refractivity contribution in [3.05, 3.63) is 47.7 Å². The zero-order chi connectivity index (χ0) is 13.0. The number of rotatable bonds is 4. The summed E-state index contributed by atoms with van der Waals surface area (Å²) < 4.78 is 28.8. The van der Waals surface area contributed by atoms with Gasteiger partial charge >= 0.3 is 6.61 Å². The molecule has 94 valence electrons. The van der Waals surface area contributed by atoms with Crippen molar-refractivity contribution in [3.63, 3.8) is 0 Å². The summed E-state index contributed by atoms with van der Waals surface area (Å²) in [7, 11) is 0. The number of hydrogen-bond acceptors (Lipinski definition) is 3. The number of anilines is 2. The molecule has 0 aliphatic heterocycles. The lowest BCUT2D eigenvalue weighted by Crippen LogP contribution is -2.04. The summed E-state index contributed by atoms with van der Waals surface area (Å²) in [5, 5.41) is 3.25. The van der Waals surface area contributed by atoms with Crippen molar-refractivity contribution < 1.29 is 13.5 Å². The Morgan fingerprint density at radius 3 is 2.72 bits per heavy atom. The second-order valence-corrected chi connectivity index (χ2v) is 3.75. The number of benzene rings is 1. The zero-order valence-corrected chi connectivity index (χ0v) is 9.86. The van der Waals surface area contributed by atoms with Crippen molar-refractivity contribution in [2.45, 2.75) is 6.61 Å². The number of para-hydroxylation sites is 2. The summed E-state index contributed by atoms with van der Waals surface area (Å²) >= 11 is 5.73. The highest BCUT2D eigenvalue weighted by atomic mass is 35.5. The van der Waals surface area contributed by atoms with E-state index in [1.54, 1.807) is 30.3 Å². The summed E-state index contributed by atoms with van der Waals surface area (Å²) in [5.41, 5.74) is 1.07. The first-order valence-corrected chi connectivity index (χ1v) is 5.45. The van der Waals surface area contributed by atoms with Crippen LogP contribution in [0.2, 0.25) is 5.15 Å². The van der Waals surface area contributed by atoms with Gasteiger partial charge in [-0.2, -0.15) is 8.78 Å². The van der Waals surface area contributed by atoms with Gasteiger partial charge in [-0.25, -0.2) is 4.98 Å². The lowest BCUT2D eigenvalue weighted by atomic mass is 10.2. The first-order valence-electron chi connectivity index (χ1n) is 5.07. The molecule has 6 heteroatoms. The fraction of sp³-hybridized carbons (Fsp3) is 0.0833. The molecule has 1 aromatic carbocycles. The molecule has 0 unspecified atom stereocenters. The van der Waals surface area contributed by atoms with Crippen molar-refractivity contribution in [3.8, 4) is 5.75 Å². The summed E-state index contributed by atoms with van der Waals surface area (Å²) in [5.74, 6) is 0.0698. The molecule has 18 heavy (non-hydrogen) atoms. The van der Waals surface area contributed by atoms with E-state index >= 15 is 0 Å². The number of aromatic nitrogens is 1. The summed E-state index contributed by atoms with van der Waals surface area (Å²) in [4.78, 5) is 3.83. The number of nitrogens with one attached hydrogen (secondary N) is 1. The lowest BCUT2D eigenvalue weighted by Gasteiger charge is -2.12. The number of halogens is 3. The Hall–Kier alpha value is -1.88. The molecule has 0 amide bonds. The number of pyridine rings is 1. The van der Waals surface area contributed by atoms with Crippen LogP contribution in [-0.4, -0.2) is 11.6 Å². The molecule has 0 saturated carbocycles. The van der Waals surface area contributed by atoms with Crippen LogP contribution in [-0.2, 0) is 0 Å². The third-order valence-corrected chi connectivity index (χ3v) is 2.32. The molecule has 2 rings (SSSR count). The summed E-state index contributed by atoms with van der Waals surface area (Å²) in [6.07, 6.45) is 1.52. The van der Waals surface area contributed by atoms with E-state index in [1.807, 2.05) is 0 Å². The van der Waals surface area contributed by atoms with E-state index in [-0.39, 0.29) is 5.75 Å². The van der Waals surface area contributed by atoms with Crippen LogP contribution in [0.4, 0.5) is 20.2 Å². The molecular weight excluding hydrogens is 262 g/mol. The predicted molar refractivity (Wildman–Crippen MR) is 65.6 cm³/mol. The molecule has 2 aromatic rings. The Morgan fingerprint density at radius 2 is 2.00 bits per heavy atom. The van der Waals surface area contributed by atoms with Gasteiger partial charge in [-0.15, -0.1) is 0 Å². The van der Waals surface area contributed by atoms with Crippen molar-refractivity contribution in [1.82, 2.24) is 4.98 Å². The third kappa shape index (κ3) is 3.30. The standard InChI is InChI=1S/C12H9ClF2N2O/c13-11-7-8(5-6-16-11)17-9-3-1-2-4-10(9)18-12(14)15/h1-7,12H,(H,16,17). The van der Waals surface area contributed by atoms with Gasteiger partial charge < -0.3 is 10.1 Å². The average molecular weight is 271 g/mol. The SMILES string of the molecule is FC(F)Oc1ccccc1Nc1ccnc(Cl)c1. The number of alkyl halides is 2. The first kappa shape index (κ1) is 12.6. The van der Waals surface area contributed by atoms with Crippen LogP contribution < -0.4 is 10.1 Å². The van der Waals surface area contributed by atoms with Gasteiger partial charge in [0.2, 0.25) is 0 Å². The minimum Gasteiger partial charge on any atom is -0.433 e. The second-order valence-electron chi connectivity index (χ2n) is 3.37. The van der Waals surface area contributed by atoms with Crippen LogP contribution in [0.1, 0.15) is 0 Å². The third-order valence-electron chi connectivity index (χ3n) is 2.11. The van der Waals surface area contributed by atoms with Gasteiger partial charge in [0.05, 0.1) is 5.69 Å². The van der Waals surface area contributed by atoms with E-state index < -0.39 is 6.61 Å². The molecule has 0 spiro atoms. The number of ether oxygens (including phenoxy) is 1. The van der Waals surface area contributed by atoms with E-state index in [4.69, 9.17) is 11.6 Å². The van der Waals surface area contributed by atoms with Crippen LogP contribution in [0.3, 0.4) is 0 Å². The molecule has 0 aliphatic carbocycles. The van der Waals surface area contributed by atoms with E-state index in [0.717, 1.165) is 0 Å². The van der Waals surface area contributed by atoms with Gasteiger partial charge in [-0.1, -0.05) is 23.7 Å². The smallest absolute Gasteiger partial charge is 0.387 e. The van der Waals surface area contributed by atoms with E-state index in [1.165, 1.54) is 12.3 Å². The predicted octanol–water partition coefficient (Wildman–Crippen LogP) is 4.08. The van der Waals surface area contributed by atoms with Gasteiger partial charge in [0.1, 0.15) is 10.9 Å². The highest BCUT2D eigenvalue weighted by Gasteiger charge is 2.09. The number of hydrogen-bond donors (Lipinski definition) is 1. The minimum absolute atomic E-state index is 0.0698. The van der Waals surface area contributed by atoms with Crippen molar-refractivity contribution in [1.29, 1.82) is 0 Å². The maximum atomic E-state index is 12.2. The minimum atomic E-state index is -2.87. The molecule has 1 N–H and O–H groups in total. The van der Waals surface area contributed by atoms with Crippen LogP contribution in [0, 0.1) is 0 Å². The van der Waals surface area contributed by atoms with Gasteiger partial charge in [0, 0.05) is 11.9 Å². The maximum Gasteiger partial charge on any atom is 0.387 e. The van der Waals surface area contributed by atoms with Crippen molar-refractivity contribution in [2.75, 3.05) is 5.32 Å². The van der Waals surface area contributed by atoms with Crippen LogP contribution in [0.25, 0.3) is 0 Å². The Kier molecular flexibility index (Phi) is 3.94. The molecule has 0 bridgehead atoms. The highest BCUT2D eigenvalue weighted by molar-refractivity contribution is 6.29. The van der Waals surface area contributed by atoms with E-state index in [0.29, 0.717) is 16.5 Å². The Balaban J connectivity index is 2.23. The second kappa shape index (κ2) is 5.64. The fourth-order valence-corrected chi connectivity index (χ4v) is 1.58.